The molecule has 1 aromatic carbocycles. The molecule has 92 valence electrons. The van der Waals surface area contributed by atoms with Gasteiger partial charge in [-0.15, -0.1) is 0 Å². The second kappa shape index (κ2) is 5.94. The molecule has 17 heavy (non-hydrogen) atoms. The van der Waals surface area contributed by atoms with Crippen molar-refractivity contribution in [1.82, 2.24) is 0 Å². The second-order valence-corrected chi connectivity index (χ2v) is 4.30. The van der Waals surface area contributed by atoms with Gasteiger partial charge in [-0.3, -0.25) is 0 Å². The number of para-hydroxylation sites is 1. The quantitative estimate of drug-likeness (QED) is 0.895. The number of hydrogen-bond donors (Lipinski definition) is 1. The van der Waals surface area contributed by atoms with Crippen LogP contribution in [0.5, 0.6) is 0 Å². The first-order valence-electron chi connectivity index (χ1n) is 5.73. The zero-order valence-corrected chi connectivity index (χ0v) is 10.4. The second-order valence-electron chi connectivity index (χ2n) is 3.89. The molecule has 0 spiro atoms. The van der Waals surface area contributed by atoms with Gasteiger partial charge in [-0.2, -0.15) is 0 Å². The van der Waals surface area contributed by atoms with E-state index >= 15 is 0 Å². The molecule has 0 atom stereocenters. The van der Waals surface area contributed by atoms with Crippen molar-refractivity contribution in [3.63, 3.8) is 0 Å². The standard InChI is InChI=1S/C13H16ClNO2/c14-12-3-1-2-4-13(12)15-7-5-11(6-8-15)17-10-9-16/h1-5,16H,6-10H2. The van der Waals surface area contributed by atoms with Gasteiger partial charge >= 0.3 is 0 Å². The third-order valence-corrected chi connectivity index (χ3v) is 3.06. The highest BCUT2D eigenvalue weighted by molar-refractivity contribution is 6.33. The van der Waals surface area contributed by atoms with E-state index in [4.69, 9.17) is 21.4 Å². The largest absolute Gasteiger partial charge is 0.496 e. The fraction of sp³-hybridized carbons (Fsp3) is 0.385. The highest BCUT2D eigenvalue weighted by Gasteiger charge is 2.14. The molecule has 1 aliphatic heterocycles. The summed E-state index contributed by atoms with van der Waals surface area (Å²) in [5.74, 6) is 0.961. The fourth-order valence-electron chi connectivity index (χ4n) is 1.89. The van der Waals surface area contributed by atoms with Crippen LogP contribution < -0.4 is 4.90 Å². The van der Waals surface area contributed by atoms with Crippen molar-refractivity contribution in [2.45, 2.75) is 6.42 Å². The van der Waals surface area contributed by atoms with Crippen molar-refractivity contribution < 1.29 is 9.84 Å². The molecule has 1 heterocycles. The molecule has 0 aliphatic carbocycles. The molecule has 3 nitrogen and oxygen atoms in total. The monoisotopic (exact) mass is 253 g/mol. The number of hydrogen-bond acceptors (Lipinski definition) is 3. The van der Waals surface area contributed by atoms with Gasteiger partial charge in [0.05, 0.1) is 23.1 Å². The van der Waals surface area contributed by atoms with E-state index in [-0.39, 0.29) is 6.61 Å². The van der Waals surface area contributed by atoms with Gasteiger partial charge in [-0.25, -0.2) is 0 Å². The van der Waals surface area contributed by atoms with E-state index in [0.29, 0.717) is 6.61 Å². The predicted molar refractivity (Wildman–Crippen MR) is 69.4 cm³/mol. The van der Waals surface area contributed by atoms with Crippen LogP contribution in [0.15, 0.2) is 36.1 Å². The highest BCUT2D eigenvalue weighted by Crippen LogP contribution is 2.27. The van der Waals surface area contributed by atoms with Crippen LogP contribution >= 0.6 is 11.6 Å². The molecule has 1 aliphatic rings. The van der Waals surface area contributed by atoms with Crippen LogP contribution in [0.2, 0.25) is 5.02 Å². The molecule has 0 saturated heterocycles. The molecule has 0 aromatic heterocycles. The van der Waals surface area contributed by atoms with E-state index in [0.717, 1.165) is 36.0 Å². The Labute approximate surface area is 106 Å². The third-order valence-electron chi connectivity index (χ3n) is 2.74. The van der Waals surface area contributed by atoms with Gasteiger partial charge in [-0.05, 0) is 18.2 Å². The lowest BCUT2D eigenvalue weighted by Gasteiger charge is -2.28. The van der Waals surface area contributed by atoms with Crippen LogP contribution in [0.3, 0.4) is 0 Å². The van der Waals surface area contributed by atoms with E-state index in [2.05, 4.69) is 4.90 Å². The number of rotatable bonds is 4. The number of benzene rings is 1. The molecule has 0 saturated carbocycles. The van der Waals surface area contributed by atoms with E-state index < -0.39 is 0 Å². The van der Waals surface area contributed by atoms with Gasteiger partial charge in [0.1, 0.15) is 6.61 Å². The Morgan fingerprint density at radius 1 is 1.35 bits per heavy atom. The molecule has 0 fully saturated rings. The van der Waals surface area contributed by atoms with Gasteiger partial charge < -0.3 is 14.7 Å². The molecular formula is C13H16ClNO2. The molecule has 0 radical (unpaired) electrons. The topological polar surface area (TPSA) is 32.7 Å². The summed E-state index contributed by atoms with van der Waals surface area (Å²) in [7, 11) is 0. The average molecular weight is 254 g/mol. The van der Waals surface area contributed by atoms with Crippen LogP contribution in [0.25, 0.3) is 0 Å². The number of halogens is 1. The van der Waals surface area contributed by atoms with Crippen LogP contribution in [-0.2, 0) is 4.74 Å². The Bertz CT molecular complexity index is 406. The summed E-state index contributed by atoms with van der Waals surface area (Å²) >= 11 is 6.15. The van der Waals surface area contributed by atoms with E-state index in [9.17, 15) is 0 Å². The highest BCUT2D eigenvalue weighted by atomic mass is 35.5. The van der Waals surface area contributed by atoms with E-state index in [1.165, 1.54) is 0 Å². The number of aliphatic hydroxyl groups excluding tert-OH is 1. The lowest BCUT2D eigenvalue weighted by Crippen LogP contribution is -2.29. The maximum absolute atomic E-state index is 8.68. The number of ether oxygens (including phenoxy) is 1. The van der Waals surface area contributed by atoms with Crippen LogP contribution in [0.4, 0.5) is 5.69 Å². The minimum Gasteiger partial charge on any atom is -0.496 e. The van der Waals surface area contributed by atoms with Crippen LogP contribution in [0.1, 0.15) is 6.42 Å². The summed E-state index contributed by atoms with van der Waals surface area (Å²) in [5, 5.41) is 9.46. The first-order valence-corrected chi connectivity index (χ1v) is 6.11. The summed E-state index contributed by atoms with van der Waals surface area (Å²) in [4.78, 5) is 2.22. The normalized spacial score (nSPS) is 15.6. The molecule has 1 aromatic rings. The number of nitrogens with zero attached hydrogens (tertiary/aromatic N) is 1. The molecule has 2 rings (SSSR count). The van der Waals surface area contributed by atoms with E-state index in [1.54, 1.807) is 0 Å². The lowest BCUT2D eigenvalue weighted by molar-refractivity contribution is 0.138. The maximum Gasteiger partial charge on any atom is 0.111 e. The minimum absolute atomic E-state index is 0.0611. The Balaban J connectivity index is 1.99. The Morgan fingerprint density at radius 2 is 2.18 bits per heavy atom. The van der Waals surface area contributed by atoms with Gasteiger partial charge in [-0.1, -0.05) is 23.7 Å². The first kappa shape index (κ1) is 12.3. The van der Waals surface area contributed by atoms with Crippen molar-refractivity contribution in [3.8, 4) is 0 Å². The molecule has 0 bridgehead atoms. The SMILES string of the molecule is OCCOC1=CCN(c2ccccc2Cl)CC1. The smallest absolute Gasteiger partial charge is 0.111 e. The Hall–Kier alpha value is -1.19. The van der Waals surface area contributed by atoms with Crippen LogP contribution in [0, 0.1) is 0 Å². The Kier molecular flexibility index (Phi) is 4.29. The zero-order valence-electron chi connectivity index (χ0n) is 9.60. The van der Waals surface area contributed by atoms with Gasteiger partial charge in [0.25, 0.3) is 0 Å². The molecule has 0 amide bonds. The Morgan fingerprint density at radius 3 is 2.82 bits per heavy atom. The van der Waals surface area contributed by atoms with Crippen molar-refractivity contribution in [2.24, 2.45) is 0 Å². The van der Waals surface area contributed by atoms with Gasteiger partial charge in [0.15, 0.2) is 0 Å². The summed E-state index contributed by atoms with van der Waals surface area (Å²) < 4.78 is 5.40. The molecule has 0 unspecified atom stereocenters. The van der Waals surface area contributed by atoms with Gasteiger partial charge in [0, 0.05) is 19.5 Å². The van der Waals surface area contributed by atoms with Crippen molar-refractivity contribution >= 4 is 17.3 Å². The molecule has 1 N–H and O–H groups in total. The van der Waals surface area contributed by atoms with Crippen molar-refractivity contribution in [2.75, 3.05) is 31.2 Å². The van der Waals surface area contributed by atoms with Crippen molar-refractivity contribution in [3.05, 3.63) is 41.1 Å². The molecular weight excluding hydrogens is 238 g/mol. The first-order chi connectivity index (χ1) is 8.31. The minimum atomic E-state index is 0.0611. The maximum atomic E-state index is 8.68. The van der Waals surface area contributed by atoms with Crippen molar-refractivity contribution in [1.29, 1.82) is 0 Å². The van der Waals surface area contributed by atoms with Crippen LogP contribution in [-0.4, -0.2) is 31.4 Å². The molecule has 4 heteroatoms. The summed E-state index contributed by atoms with van der Waals surface area (Å²) in [5.41, 5.74) is 1.06. The number of aliphatic hydroxyl groups is 1. The van der Waals surface area contributed by atoms with E-state index in [1.807, 2.05) is 30.3 Å². The fourth-order valence-corrected chi connectivity index (χ4v) is 2.14. The number of anilines is 1. The van der Waals surface area contributed by atoms with Gasteiger partial charge in [0.2, 0.25) is 0 Å². The lowest BCUT2D eigenvalue weighted by atomic mass is 10.2. The summed E-state index contributed by atoms with van der Waals surface area (Å²) in [6, 6.07) is 7.85. The third kappa shape index (κ3) is 3.14. The predicted octanol–water partition coefficient (Wildman–Crippen LogP) is 2.44. The summed E-state index contributed by atoms with van der Waals surface area (Å²) in [6.07, 6.45) is 2.90. The average Bonchev–Trinajstić information content (AvgIpc) is 2.38. The summed E-state index contributed by atoms with van der Waals surface area (Å²) in [6.45, 7) is 2.12. The zero-order chi connectivity index (χ0) is 12.1.